The molecule has 3 rings (SSSR count). The van der Waals surface area contributed by atoms with Gasteiger partial charge in [-0.2, -0.15) is 5.10 Å². The quantitative estimate of drug-likeness (QED) is 0.846. The van der Waals surface area contributed by atoms with Crippen molar-refractivity contribution in [2.45, 2.75) is 38.9 Å². The zero-order valence-electron chi connectivity index (χ0n) is 14.8. The van der Waals surface area contributed by atoms with E-state index in [9.17, 15) is 4.79 Å². The van der Waals surface area contributed by atoms with Crippen molar-refractivity contribution in [2.75, 3.05) is 19.6 Å². The molecule has 1 aromatic heterocycles. The van der Waals surface area contributed by atoms with Crippen molar-refractivity contribution in [3.05, 3.63) is 53.9 Å². The standard InChI is InChI=1S/C19H27N5O/c1-16-13-21-24(14-16)12-9-20-19(25)22-18-7-10-23(11-8-18)15-17-5-3-2-4-6-17/h2-6,13-14,18H,7-12,15H2,1H3,(H2,20,22,25). The molecule has 0 saturated carbocycles. The first-order valence-electron chi connectivity index (χ1n) is 8.99. The van der Waals surface area contributed by atoms with Crippen LogP contribution in [-0.2, 0) is 13.1 Å². The van der Waals surface area contributed by atoms with E-state index in [2.05, 4.69) is 44.9 Å². The van der Waals surface area contributed by atoms with Crippen LogP contribution in [0.1, 0.15) is 24.0 Å². The van der Waals surface area contributed by atoms with E-state index in [1.54, 1.807) is 0 Å². The summed E-state index contributed by atoms with van der Waals surface area (Å²) in [5, 5.41) is 10.2. The third-order valence-electron chi connectivity index (χ3n) is 4.56. The third-order valence-corrected chi connectivity index (χ3v) is 4.56. The van der Waals surface area contributed by atoms with Crippen LogP contribution in [0.25, 0.3) is 0 Å². The molecule has 2 amide bonds. The van der Waals surface area contributed by atoms with Gasteiger partial charge in [-0.1, -0.05) is 30.3 Å². The lowest BCUT2D eigenvalue weighted by Crippen LogP contribution is -2.48. The first kappa shape index (κ1) is 17.5. The maximum absolute atomic E-state index is 12.0. The van der Waals surface area contributed by atoms with Gasteiger partial charge in [0.2, 0.25) is 0 Å². The van der Waals surface area contributed by atoms with Crippen molar-refractivity contribution < 1.29 is 4.79 Å². The van der Waals surface area contributed by atoms with E-state index in [4.69, 9.17) is 0 Å². The maximum atomic E-state index is 12.0. The fraction of sp³-hybridized carbons (Fsp3) is 0.474. The molecule has 1 aromatic carbocycles. The Morgan fingerprint density at radius 2 is 2.00 bits per heavy atom. The molecular weight excluding hydrogens is 314 g/mol. The highest BCUT2D eigenvalue weighted by molar-refractivity contribution is 5.74. The number of amides is 2. The Labute approximate surface area is 149 Å². The number of aryl methyl sites for hydroxylation is 1. The Balaban J connectivity index is 1.32. The van der Waals surface area contributed by atoms with Crippen LogP contribution in [-0.4, -0.2) is 46.4 Å². The molecule has 0 unspecified atom stereocenters. The number of hydrogen-bond donors (Lipinski definition) is 2. The second-order valence-corrected chi connectivity index (χ2v) is 6.72. The van der Waals surface area contributed by atoms with Gasteiger partial charge in [0, 0.05) is 38.4 Å². The van der Waals surface area contributed by atoms with Crippen molar-refractivity contribution in [3.63, 3.8) is 0 Å². The lowest BCUT2D eigenvalue weighted by atomic mass is 10.0. The number of carbonyl (C=O) groups is 1. The number of aromatic nitrogens is 2. The molecule has 6 nitrogen and oxygen atoms in total. The monoisotopic (exact) mass is 341 g/mol. The van der Waals surface area contributed by atoms with Gasteiger partial charge in [-0.3, -0.25) is 9.58 Å². The fourth-order valence-corrected chi connectivity index (χ4v) is 3.19. The summed E-state index contributed by atoms with van der Waals surface area (Å²) in [6, 6.07) is 10.7. The van der Waals surface area contributed by atoms with Crippen LogP contribution in [0.3, 0.4) is 0 Å². The van der Waals surface area contributed by atoms with Gasteiger partial charge < -0.3 is 10.6 Å². The molecule has 0 bridgehead atoms. The molecule has 1 aliphatic rings. The minimum atomic E-state index is -0.0783. The van der Waals surface area contributed by atoms with Gasteiger partial charge >= 0.3 is 6.03 Å². The van der Waals surface area contributed by atoms with E-state index in [1.165, 1.54) is 5.56 Å². The van der Waals surface area contributed by atoms with E-state index < -0.39 is 0 Å². The van der Waals surface area contributed by atoms with Crippen molar-refractivity contribution in [3.8, 4) is 0 Å². The SMILES string of the molecule is Cc1cnn(CCNC(=O)NC2CCN(Cc3ccccc3)CC2)c1. The summed E-state index contributed by atoms with van der Waals surface area (Å²) in [5.74, 6) is 0. The zero-order valence-corrected chi connectivity index (χ0v) is 14.8. The minimum Gasteiger partial charge on any atom is -0.336 e. The topological polar surface area (TPSA) is 62.2 Å². The number of likely N-dealkylation sites (tertiary alicyclic amines) is 1. The summed E-state index contributed by atoms with van der Waals surface area (Å²) < 4.78 is 1.84. The van der Waals surface area contributed by atoms with Crippen molar-refractivity contribution in [1.29, 1.82) is 0 Å². The number of hydrogen-bond acceptors (Lipinski definition) is 3. The lowest BCUT2D eigenvalue weighted by molar-refractivity contribution is 0.186. The minimum absolute atomic E-state index is 0.0783. The highest BCUT2D eigenvalue weighted by Gasteiger charge is 2.20. The van der Waals surface area contributed by atoms with Gasteiger partial charge in [-0.25, -0.2) is 4.79 Å². The van der Waals surface area contributed by atoms with Gasteiger partial charge in [-0.05, 0) is 30.9 Å². The summed E-state index contributed by atoms with van der Waals surface area (Å²) >= 11 is 0. The second kappa shape index (κ2) is 8.67. The molecular formula is C19H27N5O. The number of carbonyl (C=O) groups excluding carboxylic acids is 1. The Kier molecular flexibility index (Phi) is 6.06. The largest absolute Gasteiger partial charge is 0.336 e. The first-order valence-corrected chi connectivity index (χ1v) is 8.99. The summed E-state index contributed by atoms with van der Waals surface area (Å²) in [5.41, 5.74) is 2.48. The average molecular weight is 341 g/mol. The maximum Gasteiger partial charge on any atom is 0.315 e. The van der Waals surface area contributed by atoms with Crippen LogP contribution in [0.15, 0.2) is 42.7 Å². The molecule has 25 heavy (non-hydrogen) atoms. The lowest BCUT2D eigenvalue weighted by Gasteiger charge is -2.32. The van der Waals surface area contributed by atoms with Crippen LogP contribution >= 0.6 is 0 Å². The summed E-state index contributed by atoms with van der Waals surface area (Å²) in [6.45, 7) is 6.31. The van der Waals surface area contributed by atoms with E-state index in [0.717, 1.165) is 38.0 Å². The molecule has 2 heterocycles. The Morgan fingerprint density at radius 1 is 1.24 bits per heavy atom. The summed E-state index contributed by atoms with van der Waals surface area (Å²) in [7, 11) is 0. The van der Waals surface area contributed by atoms with Crippen molar-refractivity contribution in [2.24, 2.45) is 0 Å². The van der Waals surface area contributed by atoms with Crippen LogP contribution < -0.4 is 10.6 Å². The smallest absolute Gasteiger partial charge is 0.315 e. The molecule has 1 fully saturated rings. The molecule has 1 aliphatic heterocycles. The molecule has 2 aromatic rings. The number of urea groups is 1. The van der Waals surface area contributed by atoms with Crippen molar-refractivity contribution >= 4 is 6.03 Å². The zero-order chi connectivity index (χ0) is 17.5. The first-order chi connectivity index (χ1) is 12.2. The number of nitrogens with one attached hydrogen (secondary N) is 2. The Bertz CT molecular complexity index is 661. The number of benzene rings is 1. The van der Waals surface area contributed by atoms with Gasteiger partial charge in [0.05, 0.1) is 12.7 Å². The van der Waals surface area contributed by atoms with Crippen LogP contribution in [0, 0.1) is 6.92 Å². The Hall–Kier alpha value is -2.34. The van der Waals surface area contributed by atoms with Crippen LogP contribution in [0.4, 0.5) is 4.79 Å². The number of nitrogens with zero attached hydrogens (tertiary/aromatic N) is 3. The van der Waals surface area contributed by atoms with Crippen molar-refractivity contribution in [1.82, 2.24) is 25.3 Å². The predicted octanol–water partition coefficient (Wildman–Crippen LogP) is 2.16. The molecule has 134 valence electrons. The third kappa shape index (κ3) is 5.60. The molecule has 2 N–H and O–H groups in total. The average Bonchev–Trinajstić information content (AvgIpc) is 3.03. The highest BCUT2D eigenvalue weighted by atomic mass is 16.2. The van der Waals surface area contributed by atoms with E-state index >= 15 is 0 Å². The van der Waals surface area contributed by atoms with Gasteiger partial charge in [0.1, 0.15) is 0 Å². The van der Waals surface area contributed by atoms with E-state index in [1.807, 2.05) is 30.1 Å². The summed E-state index contributed by atoms with van der Waals surface area (Å²) in [4.78, 5) is 14.5. The van der Waals surface area contributed by atoms with Gasteiger partial charge in [0.15, 0.2) is 0 Å². The van der Waals surface area contributed by atoms with Gasteiger partial charge in [-0.15, -0.1) is 0 Å². The highest BCUT2D eigenvalue weighted by Crippen LogP contribution is 2.13. The fourth-order valence-electron chi connectivity index (χ4n) is 3.19. The molecule has 6 heteroatoms. The van der Waals surface area contributed by atoms with E-state index in [-0.39, 0.29) is 12.1 Å². The van der Waals surface area contributed by atoms with E-state index in [0.29, 0.717) is 13.1 Å². The number of rotatable bonds is 6. The molecule has 0 aliphatic carbocycles. The van der Waals surface area contributed by atoms with Crippen LogP contribution in [0.5, 0.6) is 0 Å². The summed E-state index contributed by atoms with van der Waals surface area (Å²) in [6.07, 6.45) is 5.79. The molecule has 1 saturated heterocycles. The van der Waals surface area contributed by atoms with Crippen LogP contribution in [0.2, 0.25) is 0 Å². The molecule has 0 spiro atoms. The normalized spacial score (nSPS) is 15.9. The molecule has 0 radical (unpaired) electrons. The predicted molar refractivity (Wildman–Crippen MR) is 98.2 cm³/mol. The Morgan fingerprint density at radius 3 is 2.68 bits per heavy atom. The second-order valence-electron chi connectivity index (χ2n) is 6.72. The van der Waals surface area contributed by atoms with Gasteiger partial charge in [0.25, 0.3) is 0 Å². The number of piperidine rings is 1. The molecule has 0 atom stereocenters.